The van der Waals surface area contributed by atoms with Crippen LogP contribution in [0.25, 0.3) is 5.57 Å². The summed E-state index contributed by atoms with van der Waals surface area (Å²) in [5.41, 5.74) is 10.1. The van der Waals surface area contributed by atoms with E-state index in [1.807, 2.05) is 0 Å². The Balaban J connectivity index is 3.51. The molecule has 0 aromatic heterocycles. The maximum absolute atomic E-state index is 11.8. The molecule has 1 rings (SSSR count). The van der Waals surface area contributed by atoms with E-state index in [-0.39, 0.29) is 23.3 Å². The highest BCUT2D eigenvalue weighted by atomic mass is 16.6. The minimum Gasteiger partial charge on any atom is -0.462 e. The quantitative estimate of drug-likeness (QED) is 0.354. The van der Waals surface area contributed by atoms with Crippen molar-refractivity contribution in [2.75, 3.05) is 6.61 Å². The summed E-state index contributed by atoms with van der Waals surface area (Å²) in [5, 5.41) is 19.8. The highest BCUT2D eigenvalue weighted by molar-refractivity contribution is 6.18. The lowest BCUT2D eigenvalue weighted by atomic mass is 10.0. The van der Waals surface area contributed by atoms with Crippen LogP contribution in [0.1, 0.15) is 18.1 Å². The number of carbonyl (C=O) groups excluding carboxylic acids is 1. The van der Waals surface area contributed by atoms with Gasteiger partial charge in [-0.1, -0.05) is 0 Å². The molecule has 0 saturated heterocycles. The Morgan fingerprint density at radius 2 is 2.15 bits per heavy atom. The first-order chi connectivity index (χ1) is 9.42. The van der Waals surface area contributed by atoms with Crippen LogP contribution in [0, 0.1) is 21.4 Å². The standard InChI is InChI=1S/C12H12N4O4/c1-2-20-12(17)10(11(14)15)8-4-3-7(6-13)5-9(8)16(18)19/h3-5H,2,14-15H2,1H3. The van der Waals surface area contributed by atoms with Crippen molar-refractivity contribution < 1.29 is 14.5 Å². The lowest BCUT2D eigenvalue weighted by molar-refractivity contribution is -0.385. The fourth-order valence-corrected chi connectivity index (χ4v) is 1.55. The number of esters is 1. The van der Waals surface area contributed by atoms with E-state index in [0.29, 0.717) is 0 Å². The zero-order chi connectivity index (χ0) is 15.3. The van der Waals surface area contributed by atoms with Gasteiger partial charge in [-0.05, 0) is 19.1 Å². The number of nitrogens with two attached hydrogens (primary N) is 2. The van der Waals surface area contributed by atoms with Gasteiger partial charge in [0.15, 0.2) is 0 Å². The van der Waals surface area contributed by atoms with Crippen LogP contribution in [-0.2, 0) is 9.53 Å². The maximum atomic E-state index is 11.8. The minimum atomic E-state index is -0.861. The summed E-state index contributed by atoms with van der Waals surface area (Å²) in [6.07, 6.45) is 0. The van der Waals surface area contributed by atoms with Crippen LogP contribution >= 0.6 is 0 Å². The monoisotopic (exact) mass is 276 g/mol. The SMILES string of the molecule is CCOC(=O)C(=C(N)N)c1ccc(C#N)cc1[N+](=O)[O-]. The zero-order valence-corrected chi connectivity index (χ0v) is 10.6. The molecule has 1 aromatic rings. The topological polar surface area (TPSA) is 145 Å². The van der Waals surface area contributed by atoms with E-state index in [0.717, 1.165) is 6.07 Å². The molecule has 0 radical (unpaired) electrons. The van der Waals surface area contributed by atoms with E-state index in [4.69, 9.17) is 21.5 Å². The van der Waals surface area contributed by atoms with Crippen LogP contribution in [0.15, 0.2) is 24.0 Å². The molecule has 0 aliphatic carbocycles. The molecule has 0 spiro atoms. The lowest BCUT2D eigenvalue weighted by Crippen LogP contribution is -2.19. The van der Waals surface area contributed by atoms with Gasteiger partial charge in [0.2, 0.25) is 0 Å². The number of benzene rings is 1. The molecule has 0 atom stereocenters. The number of carbonyl (C=O) groups is 1. The van der Waals surface area contributed by atoms with Crippen molar-refractivity contribution in [3.05, 3.63) is 45.3 Å². The molecule has 0 bridgehead atoms. The number of nitriles is 1. The molecular weight excluding hydrogens is 264 g/mol. The normalized spacial score (nSPS) is 9.40. The molecule has 20 heavy (non-hydrogen) atoms. The number of ether oxygens (including phenoxy) is 1. The van der Waals surface area contributed by atoms with Gasteiger partial charge >= 0.3 is 5.97 Å². The summed E-state index contributed by atoms with van der Waals surface area (Å²) in [6, 6.07) is 5.37. The van der Waals surface area contributed by atoms with Crippen LogP contribution in [-0.4, -0.2) is 17.5 Å². The zero-order valence-electron chi connectivity index (χ0n) is 10.6. The van der Waals surface area contributed by atoms with Gasteiger partial charge in [0.25, 0.3) is 5.69 Å². The van der Waals surface area contributed by atoms with E-state index in [1.165, 1.54) is 12.1 Å². The number of nitrogens with zero attached hydrogens (tertiary/aromatic N) is 2. The molecular formula is C12H12N4O4. The third kappa shape index (κ3) is 3.02. The second kappa shape index (κ2) is 6.19. The summed E-state index contributed by atoms with van der Waals surface area (Å²) in [7, 11) is 0. The molecule has 4 N–H and O–H groups in total. The number of nitro benzene ring substituents is 1. The summed E-state index contributed by atoms with van der Waals surface area (Å²) < 4.78 is 4.77. The van der Waals surface area contributed by atoms with Crippen LogP contribution < -0.4 is 11.5 Å². The van der Waals surface area contributed by atoms with Gasteiger partial charge in [-0.15, -0.1) is 0 Å². The van der Waals surface area contributed by atoms with Crippen molar-refractivity contribution in [3.63, 3.8) is 0 Å². The van der Waals surface area contributed by atoms with Crippen molar-refractivity contribution in [3.8, 4) is 6.07 Å². The smallest absolute Gasteiger partial charge is 0.342 e. The first-order valence-corrected chi connectivity index (χ1v) is 5.53. The Labute approximate surface area is 114 Å². The van der Waals surface area contributed by atoms with Gasteiger partial charge in [-0.3, -0.25) is 10.1 Å². The van der Waals surface area contributed by atoms with Crippen molar-refractivity contribution in [1.29, 1.82) is 5.26 Å². The average Bonchev–Trinajstić information content (AvgIpc) is 2.38. The van der Waals surface area contributed by atoms with E-state index < -0.39 is 22.4 Å². The highest BCUT2D eigenvalue weighted by Crippen LogP contribution is 2.28. The van der Waals surface area contributed by atoms with E-state index in [1.54, 1.807) is 13.0 Å². The van der Waals surface area contributed by atoms with Gasteiger partial charge in [-0.25, -0.2) is 4.79 Å². The summed E-state index contributed by atoms with van der Waals surface area (Å²) in [6.45, 7) is 1.65. The van der Waals surface area contributed by atoms with Crippen LogP contribution in [0.2, 0.25) is 0 Å². The number of nitro groups is 1. The van der Waals surface area contributed by atoms with Gasteiger partial charge in [-0.2, -0.15) is 5.26 Å². The largest absolute Gasteiger partial charge is 0.462 e. The van der Waals surface area contributed by atoms with Crippen molar-refractivity contribution in [2.45, 2.75) is 6.92 Å². The Morgan fingerprint density at radius 1 is 1.50 bits per heavy atom. The number of rotatable bonds is 4. The predicted molar refractivity (Wildman–Crippen MR) is 69.7 cm³/mol. The Hall–Kier alpha value is -3.08. The molecule has 0 aliphatic heterocycles. The molecule has 8 nitrogen and oxygen atoms in total. The number of hydrogen-bond donors (Lipinski definition) is 2. The number of hydrogen-bond acceptors (Lipinski definition) is 7. The lowest BCUT2D eigenvalue weighted by Gasteiger charge is -2.09. The average molecular weight is 276 g/mol. The predicted octanol–water partition coefficient (Wildman–Crippen LogP) is 0.616. The molecule has 0 saturated carbocycles. The molecule has 0 unspecified atom stereocenters. The van der Waals surface area contributed by atoms with Crippen LogP contribution in [0.5, 0.6) is 0 Å². The highest BCUT2D eigenvalue weighted by Gasteiger charge is 2.25. The van der Waals surface area contributed by atoms with Gasteiger partial charge < -0.3 is 16.2 Å². The van der Waals surface area contributed by atoms with Crippen molar-refractivity contribution in [1.82, 2.24) is 0 Å². The van der Waals surface area contributed by atoms with E-state index in [9.17, 15) is 14.9 Å². The molecule has 0 heterocycles. The third-order valence-electron chi connectivity index (χ3n) is 2.36. The Bertz CT molecular complexity index is 627. The molecule has 0 fully saturated rings. The Morgan fingerprint density at radius 3 is 2.60 bits per heavy atom. The van der Waals surface area contributed by atoms with Crippen molar-refractivity contribution >= 4 is 17.2 Å². The molecule has 0 amide bonds. The third-order valence-corrected chi connectivity index (χ3v) is 2.36. The van der Waals surface area contributed by atoms with Crippen molar-refractivity contribution in [2.24, 2.45) is 11.5 Å². The summed E-state index contributed by atoms with van der Waals surface area (Å²) in [5.74, 6) is -1.25. The molecule has 0 aliphatic rings. The van der Waals surface area contributed by atoms with Gasteiger partial charge in [0.1, 0.15) is 11.4 Å². The first-order valence-electron chi connectivity index (χ1n) is 5.53. The summed E-state index contributed by atoms with van der Waals surface area (Å²) in [4.78, 5) is 22.1. The molecule has 8 heteroatoms. The second-order valence-corrected chi connectivity index (χ2v) is 3.65. The second-order valence-electron chi connectivity index (χ2n) is 3.65. The molecule has 104 valence electrons. The minimum absolute atomic E-state index is 0.0691. The van der Waals surface area contributed by atoms with Gasteiger partial charge in [0.05, 0.1) is 28.7 Å². The maximum Gasteiger partial charge on any atom is 0.342 e. The Kier molecular flexibility index (Phi) is 4.64. The van der Waals surface area contributed by atoms with Crippen LogP contribution in [0.4, 0.5) is 5.69 Å². The first kappa shape index (κ1) is 15.0. The summed E-state index contributed by atoms with van der Waals surface area (Å²) >= 11 is 0. The van der Waals surface area contributed by atoms with Crippen LogP contribution in [0.3, 0.4) is 0 Å². The van der Waals surface area contributed by atoms with E-state index in [2.05, 4.69) is 0 Å². The molecule has 1 aromatic carbocycles. The van der Waals surface area contributed by atoms with Gasteiger partial charge in [0, 0.05) is 6.07 Å². The van der Waals surface area contributed by atoms with E-state index >= 15 is 0 Å². The fourth-order valence-electron chi connectivity index (χ4n) is 1.55. The fraction of sp³-hybridized carbons (Fsp3) is 0.167.